The summed E-state index contributed by atoms with van der Waals surface area (Å²) in [6, 6.07) is 8.61. The van der Waals surface area contributed by atoms with Gasteiger partial charge in [0.15, 0.2) is 0 Å². The lowest BCUT2D eigenvalue weighted by molar-refractivity contribution is -0.136. The molecule has 2 N–H and O–H groups in total. The van der Waals surface area contributed by atoms with Crippen LogP contribution in [0.1, 0.15) is 12.5 Å². The zero-order chi connectivity index (χ0) is 13.5. The van der Waals surface area contributed by atoms with Crippen molar-refractivity contribution in [2.75, 3.05) is 11.1 Å². The molecule has 0 spiro atoms. The minimum Gasteiger partial charge on any atom is -0.480 e. The number of anilines is 1. The van der Waals surface area contributed by atoms with Crippen molar-refractivity contribution in [3.8, 4) is 6.07 Å². The Morgan fingerprint density at radius 2 is 2.17 bits per heavy atom. The standard InChI is InChI=1S/C12H12N2O3S/c1-8(12(16)17)18-7-11(15)14-10-5-3-2-4-9(10)6-13/h2-5,8H,7H2,1H3,(H,14,15)(H,16,17). The summed E-state index contributed by atoms with van der Waals surface area (Å²) in [6.45, 7) is 1.52. The van der Waals surface area contributed by atoms with E-state index < -0.39 is 11.2 Å². The second kappa shape index (κ2) is 6.67. The van der Waals surface area contributed by atoms with Gasteiger partial charge in [-0.3, -0.25) is 9.59 Å². The summed E-state index contributed by atoms with van der Waals surface area (Å²) in [5.74, 6) is -1.24. The molecule has 0 fully saturated rings. The summed E-state index contributed by atoms with van der Waals surface area (Å²) in [5.41, 5.74) is 0.815. The van der Waals surface area contributed by atoms with Gasteiger partial charge in [-0.05, 0) is 19.1 Å². The Hall–Kier alpha value is -2.00. The van der Waals surface area contributed by atoms with Crippen LogP contribution in [0.15, 0.2) is 24.3 Å². The number of carbonyl (C=O) groups is 2. The molecule has 1 aromatic rings. The van der Waals surface area contributed by atoms with Crippen molar-refractivity contribution >= 4 is 29.3 Å². The van der Waals surface area contributed by atoms with Crippen LogP contribution >= 0.6 is 11.8 Å². The van der Waals surface area contributed by atoms with Gasteiger partial charge in [0.1, 0.15) is 6.07 Å². The van der Waals surface area contributed by atoms with E-state index in [1.807, 2.05) is 6.07 Å². The van der Waals surface area contributed by atoms with Gasteiger partial charge in [-0.2, -0.15) is 5.26 Å². The largest absolute Gasteiger partial charge is 0.480 e. The fourth-order valence-electron chi connectivity index (χ4n) is 1.15. The van der Waals surface area contributed by atoms with Crippen LogP contribution in [0.5, 0.6) is 0 Å². The van der Waals surface area contributed by atoms with E-state index in [4.69, 9.17) is 10.4 Å². The second-order valence-corrected chi connectivity index (χ2v) is 4.83. The number of hydrogen-bond acceptors (Lipinski definition) is 4. The molecule has 0 bridgehead atoms. The maximum atomic E-state index is 11.6. The molecule has 1 rings (SSSR count). The molecule has 0 radical (unpaired) electrons. The van der Waals surface area contributed by atoms with Crippen molar-refractivity contribution in [3.63, 3.8) is 0 Å². The van der Waals surface area contributed by atoms with E-state index in [-0.39, 0.29) is 11.7 Å². The third-order valence-electron chi connectivity index (χ3n) is 2.13. The van der Waals surface area contributed by atoms with Crippen molar-refractivity contribution in [1.82, 2.24) is 0 Å². The Labute approximate surface area is 109 Å². The number of carboxylic acids is 1. The van der Waals surface area contributed by atoms with Gasteiger partial charge in [0, 0.05) is 0 Å². The molecular formula is C12H12N2O3S. The number of rotatable bonds is 5. The first-order valence-corrected chi connectivity index (χ1v) is 6.23. The molecule has 0 heterocycles. The number of para-hydroxylation sites is 1. The number of nitrogens with zero attached hydrogens (tertiary/aromatic N) is 1. The summed E-state index contributed by atoms with van der Waals surface area (Å²) >= 11 is 1.03. The summed E-state index contributed by atoms with van der Waals surface area (Å²) in [5, 5.41) is 19.5. The first-order chi connectivity index (χ1) is 8.54. The lowest BCUT2D eigenvalue weighted by Gasteiger charge is -2.08. The number of hydrogen-bond donors (Lipinski definition) is 2. The zero-order valence-corrected chi connectivity index (χ0v) is 10.5. The normalized spacial score (nSPS) is 11.3. The van der Waals surface area contributed by atoms with Gasteiger partial charge in [-0.25, -0.2) is 0 Å². The lowest BCUT2D eigenvalue weighted by Crippen LogP contribution is -2.19. The van der Waals surface area contributed by atoms with E-state index in [2.05, 4.69) is 5.32 Å². The minimum atomic E-state index is -0.953. The highest BCUT2D eigenvalue weighted by Crippen LogP contribution is 2.15. The first-order valence-electron chi connectivity index (χ1n) is 5.18. The molecule has 5 nitrogen and oxygen atoms in total. The van der Waals surface area contributed by atoms with Crippen LogP contribution in [0.4, 0.5) is 5.69 Å². The lowest BCUT2D eigenvalue weighted by atomic mass is 10.2. The number of carbonyl (C=O) groups excluding carboxylic acids is 1. The number of nitrogens with one attached hydrogen (secondary N) is 1. The summed E-state index contributed by atoms with van der Waals surface area (Å²) in [7, 11) is 0. The molecule has 1 unspecified atom stereocenters. The highest BCUT2D eigenvalue weighted by atomic mass is 32.2. The topological polar surface area (TPSA) is 90.2 Å². The predicted octanol–water partition coefficient (Wildman–Crippen LogP) is 1.70. The maximum absolute atomic E-state index is 11.6. The Balaban J connectivity index is 2.55. The van der Waals surface area contributed by atoms with Gasteiger partial charge in [0.05, 0.1) is 22.3 Å². The predicted molar refractivity (Wildman–Crippen MR) is 69.3 cm³/mol. The Kier molecular flexibility index (Phi) is 5.21. The summed E-state index contributed by atoms with van der Waals surface area (Å²) in [6.07, 6.45) is 0. The molecule has 1 amide bonds. The van der Waals surface area contributed by atoms with Gasteiger partial charge in [-0.15, -0.1) is 11.8 Å². The molecule has 0 aliphatic carbocycles. The van der Waals surface area contributed by atoms with Gasteiger partial charge < -0.3 is 10.4 Å². The first kappa shape index (κ1) is 14.1. The number of aliphatic carboxylic acids is 1. The SMILES string of the molecule is CC(SCC(=O)Nc1ccccc1C#N)C(=O)O. The molecule has 0 saturated carbocycles. The van der Waals surface area contributed by atoms with Crippen molar-refractivity contribution in [3.05, 3.63) is 29.8 Å². The van der Waals surface area contributed by atoms with E-state index >= 15 is 0 Å². The van der Waals surface area contributed by atoms with Crippen molar-refractivity contribution in [2.24, 2.45) is 0 Å². The smallest absolute Gasteiger partial charge is 0.316 e. The molecule has 0 saturated heterocycles. The highest BCUT2D eigenvalue weighted by molar-refractivity contribution is 8.01. The molecule has 18 heavy (non-hydrogen) atoms. The van der Waals surface area contributed by atoms with E-state index in [0.29, 0.717) is 11.3 Å². The van der Waals surface area contributed by atoms with E-state index in [1.54, 1.807) is 24.3 Å². The van der Waals surface area contributed by atoms with E-state index in [0.717, 1.165) is 11.8 Å². The minimum absolute atomic E-state index is 0.0349. The molecule has 0 aliphatic heterocycles. The molecule has 6 heteroatoms. The molecule has 94 valence electrons. The molecule has 1 aromatic carbocycles. The molecule has 0 aromatic heterocycles. The Morgan fingerprint density at radius 1 is 1.50 bits per heavy atom. The fourth-order valence-corrected chi connectivity index (χ4v) is 1.76. The maximum Gasteiger partial charge on any atom is 0.316 e. The summed E-state index contributed by atoms with van der Waals surface area (Å²) < 4.78 is 0. The van der Waals surface area contributed by atoms with Gasteiger partial charge in [0.2, 0.25) is 5.91 Å². The quantitative estimate of drug-likeness (QED) is 0.844. The van der Waals surface area contributed by atoms with Crippen LogP contribution in [-0.2, 0) is 9.59 Å². The third-order valence-corrected chi connectivity index (χ3v) is 3.26. The number of nitriles is 1. The molecular weight excluding hydrogens is 252 g/mol. The van der Waals surface area contributed by atoms with Gasteiger partial charge in [0.25, 0.3) is 0 Å². The van der Waals surface area contributed by atoms with Crippen LogP contribution in [-0.4, -0.2) is 28.0 Å². The highest BCUT2D eigenvalue weighted by Gasteiger charge is 2.14. The zero-order valence-electron chi connectivity index (χ0n) is 9.71. The van der Waals surface area contributed by atoms with Crippen molar-refractivity contribution in [2.45, 2.75) is 12.2 Å². The Morgan fingerprint density at radius 3 is 2.78 bits per heavy atom. The van der Waals surface area contributed by atoms with Crippen LogP contribution in [0.2, 0.25) is 0 Å². The van der Waals surface area contributed by atoms with E-state index in [1.165, 1.54) is 6.92 Å². The van der Waals surface area contributed by atoms with E-state index in [9.17, 15) is 9.59 Å². The second-order valence-electron chi connectivity index (χ2n) is 3.50. The van der Waals surface area contributed by atoms with Crippen LogP contribution < -0.4 is 5.32 Å². The number of amides is 1. The Bertz CT molecular complexity index is 496. The number of carboxylic acid groups (broad SMARTS) is 1. The molecule has 0 aliphatic rings. The average Bonchev–Trinajstić information content (AvgIpc) is 2.36. The average molecular weight is 264 g/mol. The van der Waals surface area contributed by atoms with Gasteiger partial charge >= 0.3 is 5.97 Å². The number of thioether (sulfide) groups is 1. The molecule has 1 atom stereocenters. The number of benzene rings is 1. The van der Waals surface area contributed by atoms with Crippen LogP contribution in [0.3, 0.4) is 0 Å². The van der Waals surface area contributed by atoms with Crippen molar-refractivity contribution < 1.29 is 14.7 Å². The van der Waals surface area contributed by atoms with Crippen LogP contribution in [0.25, 0.3) is 0 Å². The van der Waals surface area contributed by atoms with Crippen LogP contribution in [0, 0.1) is 11.3 Å². The monoisotopic (exact) mass is 264 g/mol. The van der Waals surface area contributed by atoms with Crippen molar-refractivity contribution in [1.29, 1.82) is 5.26 Å². The fraction of sp³-hybridized carbons (Fsp3) is 0.250. The van der Waals surface area contributed by atoms with Gasteiger partial charge in [-0.1, -0.05) is 12.1 Å². The third kappa shape index (κ3) is 4.11. The summed E-state index contributed by atoms with van der Waals surface area (Å²) in [4.78, 5) is 22.1.